The maximum Gasteiger partial charge on any atom is 0.326 e. The monoisotopic (exact) mass is 305 g/mol. The van der Waals surface area contributed by atoms with Crippen molar-refractivity contribution < 1.29 is 14.7 Å². The Bertz CT molecular complexity index is 555. The molecule has 1 amide bonds. The molecule has 0 aliphatic rings. The zero-order valence-electron chi connectivity index (χ0n) is 13.2. The van der Waals surface area contributed by atoms with E-state index in [0.29, 0.717) is 5.69 Å². The molecule has 1 aromatic rings. The largest absolute Gasteiger partial charge is 0.480 e. The molecule has 0 fully saturated rings. The van der Waals surface area contributed by atoms with Gasteiger partial charge in [-0.3, -0.25) is 4.79 Å². The Kier molecular flexibility index (Phi) is 7.08. The van der Waals surface area contributed by atoms with Crippen LogP contribution in [0.4, 0.5) is 0 Å². The number of amides is 1. The van der Waals surface area contributed by atoms with Gasteiger partial charge in [0.2, 0.25) is 5.91 Å². The van der Waals surface area contributed by atoms with E-state index in [9.17, 15) is 14.7 Å². The molecule has 0 saturated heterocycles. The zero-order valence-corrected chi connectivity index (χ0v) is 13.2. The minimum Gasteiger partial charge on any atom is -0.480 e. The normalized spacial score (nSPS) is 12.6. The highest BCUT2D eigenvalue weighted by Gasteiger charge is 2.20. The lowest BCUT2D eigenvalue weighted by Crippen LogP contribution is -2.41. The van der Waals surface area contributed by atoms with Crippen LogP contribution in [0.2, 0.25) is 0 Å². The number of carbonyl (C=O) groups is 2. The number of carbonyl (C=O) groups excluding carboxylic acids is 1. The quantitative estimate of drug-likeness (QED) is 0.507. The van der Waals surface area contributed by atoms with Gasteiger partial charge in [-0.25, -0.2) is 9.78 Å². The number of imidazole rings is 1. The molecule has 6 nitrogen and oxygen atoms in total. The van der Waals surface area contributed by atoms with E-state index in [2.05, 4.69) is 21.4 Å². The van der Waals surface area contributed by atoms with Crippen molar-refractivity contribution in [2.45, 2.75) is 46.1 Å². The second-order valence-corrected chi connectivity index (χ2v) is 5.47. The topological polar surface area (TPSA) is 95.1 Å². The summed E-state index contributed by atoms with van der Waals surface area (Å²) in [6.45, 7) is 5.92. The van der Waals surface area contributed by atoms with Crippen molar-refractivity contribution in [3.05, 3.63) is 41.5 Å². The highest BCUT2D eigenvalue weighted by molar-refractivity contribution is 5.91. The molecule has 0 aromatic carbocycles. The minimum absolute atomic E-state index is 0.148. The predicted molar refractivity (Wildman–Crippen MR) is 84.3 cm³/mol. The van der Waals surface area contributed by atoms with Crippen LogP contribution in [-0.2, 0) is 16.0 Å². The molecule has 1 unspecified atom stereocenters. The number of nitrogens with one attached hydrogen (secondary N) is 2. The number of carboxylic acid groups (broad SMARTS) is 1. The molecule has 0 aliphatic carbocycles. The van der Waals surface area contributed by atoms with Gasteiger partial charge in [-0.2, -0.15) is 0 Å². The maximum absolute atomic E-state index is 11.9. The molecule has 0 saturated carbocycles. The van der Waals surface area contributed by atoms with Gasteiger partial charge in [0.1, 0.15) is 6.04 Å². The molecule has 3 N–H and O–H groups in total. The third-order valence-corrected chi connectivity index (χ3v) is 3.05. The fourth-order valence-corrected chi connectivity index (χ4v) is 1.91. The van der Waals surface area contributed by atoms with Crippen molar-refractivity contribution in [2.75, 3.05) is 0 Å². The number of H-pyrrole nitrogens is 1. The van der Waals surface area contributed by atoms with Gasteiger partial charge in [0.15, 0.2) is 0 Å². The zero-order chi connectivity index (χ0) is 16.5. The Morgan fingerprint density at radius 1 is 1.41 bits per heavy atom. The van der Waals surface area contributed by atoms with Crippen LogP contribution in [-0.4, -0.2) is 33.0 Å². The Morgan fingerprint density at radius 2 is 2.14 bits per heavy atom. The summed E-state index contributed by atoms with van der Waals surface area (Å²) >= 11 is 0. The van der Waals surface area contributed by atoms with Crippen LogP contribution >= 0.6 is 0 Å². The summed E-state index contributed by atoms with van der Waals surface area (Å²) in [6.07, 6.45) is 8.44. The van der Waals surface area contributed by atoms with Crippen LogP contribution in [0.3, 0.4) is 0 Å². The summed E-state index contributed by atoms with van der Waals surface area (Å²) in [5.74, 6) is -1.47. The molecule has 1 rings (SSSR count). The second kappa shape index (κ2) is 8.81. The lowest BCUT2D eigenvalue weighted by atomic mass is 10.1. The summed E-state index contributed by atoms with van der Waals surface area (Å²) < 4.78 is 0. The van der Waals surface area contributed by atoms with Gasteiger partial charge in [-0.15, -0.1) is 0 Å². The van der Waals surface area contributed by atoms with Gasteiger partial charge in [0.05, 0.1) is 12.0 Å². The summed E-state index contributed by atoms with van der Waals surface area (Å²) in [4.78, 5) is 29.8. The van der Waals surface area contributed by atoms with Gasteiger partial charge in [0, 0.05) is 18.7 Å². The van der Waals surface area contributed by atoms with Crippen molar-refractivity contribution in [3.63, 3.8) is 0 Å². The number of rotatable bonds is 8. The number of allylic oxidation sites excluding steroid dienone is 3. The minimum atomic E-state index is -1.08. The lowest BCUT2D eigenvalue weighted by Gasteiger charge is -2.12. The maximum atomic E-state index is 11.9. The second-order valence-electron chi connectivity index (χ2n) is 5.47. The molecular formula is C16H23N3O3. The third-order valence-electron chi connectivity index (χ3n) is 3.05. The van der Waals surface area contributed by atoms with Gasteiger partial charge in [-0.1, -0.05) is 17.2 Å². The molecule has 22 heavy (non-hydrogen) atoms. The first-order chi connectivity index (χ1) is 10.4. The van der Waals surface area contributed by atoms with Crippen molar-refractivity contribution in [3.8, 4) is 0 Å². The van der Waals surface area contributed by atoms with Crippen molar-refractivity contribution in [1.29, 1.82) is 0 Å². The van der Waals surface area contributed by atoms with Gasteiger partial charge < -0.3 is 15.4 Å². The molecule has 1 atom stereocenters. The van der Waals surface area contributed by atoms with E-state index in [-0.39, 0.29) is 6.42 Å². The number of aromatic nitrogens is 2. The number of hydrogen-bond donors (Lipinski definition) is 3. The SMILES string of the molecule is CC(C)=CCCC(C)=CC(=O)NC(Cc1c[nH]cn1)C(=O)O. The number of aliphatic carboxylic acids is 1. The highest BCUT2D eigenvalue weighted by Crippen LogP contribution is 2.07. The van der Waals surface area contributed by atoms with E-state index in [1.54, 1.807) is 6.20 Å². The molecule has 1 aromatic heterocycles. The summed E-state index contributed by atoms with van der Waals surface area (Å²) in [6, 6.07) is -0.988. The van der Waals surface area contributed by atoms with Gasteiger partial charge in [-0.05, 0) is 33.6 Å². The molecule has 0 aliphatic heterocycles. The first kappa shape index (κ1) is 17.7. The molecule has 0 radical (unpaired) electrons. The summed E-state index contributed by atoms with van der Waals surface area (Å²) in [5.41, 5.74) is 2.75. The smallest absolute Gasteiger partial charge is 0.326 e. The average molecular weight is 305 g/mol. The fraction of sp³-hybridized carbons (Fsp3) is 0.438. The van der Waals surface area contributed by atoms with Crippen molar-refractivity contribution in [1.82, 2.24) is 15.3 Å². The molecule has 120 valence electrons. The van der Waals surface area contributed by atoms with Crippen molar-refractivity contribution in [2.24, 2.45) is 0 Å². The molecule has 0 spiro atoms. The summed E-state index contributed by atoms with van der Waals surface area (Å²) in [7, 11) is 0. The van der Waals surface area contributed by atoms with Crippen LogP contribution in [0.1, 0.15) is 39.3 Å². The van der Waals surface area contributed by atoms with Crippen LogP contribution in [0.5, 0.6) is 0 Å². The van der Waals surface area contributed by atoms with E-state index in [0.717, 1.165) is 18.4 Å². The van der Waals surface area contributed by atoms with Crippen LogP contribution < -0.4 is 5.32 Å². The first-order valence-electron chi connectivity index (χ1n) is 7.20. The molecular weight excluding hydrogens is 282 g/mol. The number of nitrogens with zero attached hydrogens (tertiary/aromatic N) is 1. The van der Waals surface area contributed by atoms with Crippen molar-refractivity contribution >= 4 is 11.9 Å². The Balaban J connectivity index is 2.55. The van der Waals surface area contributed by atoms with E-state index < -0.39 is 17.9 Å². The Hall–Kier alpha value is -2.37. The van der Waals surface area contributed by atoms with E-state index in [1.807, 2.05) is 20.8 Å². The van der Waals surface area contributed by atoms with E-state index in [4.69, 9.17) is 0 Å². The van der Waals surface area contributed by atoms with Crippen LogP contribution in [0.15, 0.2) is 35.8 Å². The molecule has 0 bridgehead atoms. The average Bonchev–Trinajstić information content (AvgIpc) is 2.90. The van der Waals surface area contributed by atoms with E-state index in [1.165, 1.54) is 18.0 Å². The Morgan fingerprint density at radius 3 is 2.68 bits per heavy atom. The standard InChI is InChI=1S/C16H23N3O3/c1-11(2)5-4-6-12(3)7-15(20)19-14(16(21)22)8-13-9-17-10-18-13/h5,7,9-10,14H,4,6,8H2,1-3H3,(H,17,18)(H,19,20)(H,21,22). The highest BCUT2D eigenvalue weighted by atomic mass is 16.4. The number of aromatic amines is 1. The van der Waals surface area contributed by atoms with Crippen LogP contribution in [0, 0.1) is 0 Å². The Labute approximate surface area is 130 Å². The van der Waals surface area contributed by atoms with E-state index >= 15 is 0 Å². The van der Waals surface area contributed by atoms with Gasteiger partial charge >= 0.3 is 5.97 Å². The van der Waals surface area contributed by atoms with Crippen LogP contribution in [0.25, 0.3) is 0 Å². The predicted octanol–water partition coefficient (Wildman–Crippen LogP) is 2.21. The number of carboxylic acids is 1. The first-order valence-corrected chi connectivity index (χ1v) is 7.20. The summed E-state index contributed by atoms with van der Waals surface area (Å²) in [5, 5.41) is 11.7. The lowest BCUT2D eigenvalue weighted by molar-refractivity contribution is -0.141. The number of hydrogen-bond acceptors (Lipinski definition) is 3. The van der Waals surface area contributed by atoms with Gasteiger partial charge in [0.25, 0.3) is 0 Å². The third kappa shape index (κ3) is 6.88. The molecule has 1 heterocycles. The fourth-order valence-electron chi connectivity index (χ4n) is 1.91. The molecule has 6 heteroatoms.